The van der Waals surface area contributed by atoms with E-state index in [-0.39, 0.29) is 9.92 Å². The van der Waals surface area contributed by atoms with E-state index in [0.29, 0.717) is 18.2 Å². The first kappa shape index (κ1) is 16.3. The van der Waals surface area contributed by atoms with E-state index in [0.717, 1.165) is 19.3 Å². The second-order valence-electron chi connectivity index (χ2n) is 4.98. The van der Waals surface area contributed by atoms with Crippen LogP contribution in [-0.2, 0) is 10.0 Å². The number of unbranched alkanes of at least 4 members (excludes halogenated alkanes) is 1. The molecule has 0 fully saturated rings. The van der Waals surface area contributed by atoms with Crippen molar-refractivity contribution in [2.45, 2.75) is 38.0 Å². The van der Waals surface area contributed by atoms with Gasteiger partial charge in [-0.1, -0.05) is 38.3 Å². The average Bonchev–Trinajstić information content (AvgIpc) is 2.27. The quantitative estimate of drug-likeness (QED) is 0.601. The molecule has 0 bridgehead atoms. The molecule has 0 aliphatic carbocycles. The van der Waals surface area contributed by atoms with Gasteiger partial charge in [0.25, 0.3) is 0 Å². The maximum absolute atomic E-state index is 12.0. The predicted octanol–water partition coefficient (Wildman–Crippen LogP) is 3.03. The molecule has 0 atom stereocenters. The highest BCUT2D eigenvalue weighted by Gasteiger charge is 2.17. The van der Waals surface area contributed by atoms with Gasteiger partial charge in [0.2, 0.25) is 10.0 Å². The summed E-state index contributed by atoms with van der Waals surface area (Å²) < 4.78 is 26.6. The number of rotatable bonds is 7. The summed E-state index contributed by atoms with van der Waals surface area (Å²) in [5.74, 6) is 0.642. The third-order valence-corrected chi connectivity index (χ3v) is 4.69. The molecule has 4 nitrogen and oxygen atoms in total. The minimum Gasteiger partial charge on any atom is -0.399 e. The number of nitrogens with two attached hydrogens (primary N) is 1. The van der Waals surface area contributed by atoms with Crippen LogP contribution in [0.25, 0.3) is 0 Å². The molecule has 0 aromatic heterocycles. The fourth-order valence-electron chi connectivity index (χ4n) is 1.70. The van der Waals surface area contributed by atoms with Gasteiger partial charge in [0.1, 0.15) is 4.90 Å². The van der Waals surface area contributed by atoms with Crippen LogP contribution in [0.15, 0.2) is 23.1 Å². The topological polar surface area (TPSA) is 72.2 Å². The van der Waals surface area contributed by atoms with E-state index in [1.807, 2.05) is 0 Å². The second-order valence-corrected chi connectivity index (χ2v) is 7.12. The normalized spacial score (nSPS) is 12.0. The standard InChI is InChI=1S/C13H21ClN2O2S/c1-10(2)5-3-4-8-16-19(17,18)13-7-6-11(15)9-12(13)14/h6-7,9-10,16H,3-5,8,15H2,1-2H3. The Morgan fingerprint density at radius 2 is 2.00 bits per heavy atom. The fourth-order valence-corrected chi connectivity index (χ4v) is 3.32. The number of hydrogen-bond acceptors (Lipinski definition) is 3. The Morgan fingerprint density at radius 3 is 2.58 bits per heavy atom. The first-order valence-electron chi connectivity index (χ1n) is 6.37. The lowest BCUT2D eigenvalue weighted by atomic mass is 10.1. The SMILES string of the molecule is CC(C)CCCCNS(=O)(=O)c1ccc(N)cc1Cl. The van der Waals surface area contributed by atoms with Gasteiger partial charge in [-0.3, -0.25) is 0 Å². The van der Waals surface area contributed by atoms with Gasteiger partial charge in [-0.15, -0.1) is 0 Å². The molecule has 0 aliphatic heterocycles. The zero-order chi connectivity index (χ0) is 14.5. The molecule has 0 saturated carbocycles. The number of nitrogen functional groups attached to an aromatic ring is 1. The minimum absolute atomic E-state index is 0.0761. The largest absolute Gasteiger partial charge is 0.399 e. The summed E-state index contributed by atoms with van der Waals surface area (Å²) in [5.41, 5.74) is 5.98. The highest BCUT2D eigenvalue weighted by Crippen LogP contribution is 2.23. The number of sulfonamides is 1. The Labute approximate surface area is 120 Å². The average molecular weight is 305 g/mol. The molecule has 0 spiro atoms. The Balaban J connectivity index is 2.56. The molecule has 0 amide bonds. The van der Waals surface area contributed by atoms with Gasteiger partial charge in [-0.25, -0.2) is 13.1 Å². The lowest BCUT2D eigenvalue weighted by molar-refractivity contribution is 0.530. The van der Waals surface area contributed by atoms with Crippen molar-refractivity contribution in [3.63, 3.8) is 0 Å². The predicted molar refractivity (Wildman–Crippen MR) is 79.7 cm³/mol. The minimum atomic E-state index is -3.55. The Morgan fingerprint density at radius 1 is 1.32 bits per heavy atom. The van der Waals surface area contributed by atoms with Crippen molar-refractivity contribution in [1.82, 2.24) is 4.72 Å². The van der Waals surface area contributed by atoms with Crippen LogP contribution in [0.5, 0.6) is 0 Å². The Bertz CT molecular complexity index is 515. The molecule has 0 heterocycles. The van der Waals surface area contributed by atoms with Gasteiger partial charge < -0.3 is 5.73 Å². The lowest BCUT2D eigenvalue weighted by Gasteiger charge is -2.09. The summed E-state index contributed by atoms with van der Waals surface area (Å²) in [7, 11) is -3.55. The van der Waals surface area contributed by atoms with Crippen LogP contribution >= 0.6 is 11.6 Å². The molecule has 1 aromatic carbocycles. The maximum Gasteiger partial charge on any atom is 0.242 e. The summed E-state index contributed by atoms with van der Waals surface area (Å²) in [6.07, 6.45) is 2.93. The molecule has 1 rings (SSSR count). The third kappa shape index (κ3) is 5.38. The van der Waals surface area contributed by atoms with E-state index < -0.39 is 10.0 Å². The van der Waals surface area contributed by atoms with Crippen LogP contribution in [0.4, 0.5) is 5.69 Å². The van der Waals surface area contributed by atoms with Gasteiger partial charge in [0.15, 0.2) is 0 Å². The van der Waals surface area contributed by atoms with Crippen LogP contribution in [0.3, 0.4) is 0 Å². The summed E-state index contributed by atoms with van der Waals surface area (Å²) in [6.45, 7) is 4.73. The Hall–Kier alpha value is -0.780. The second kappa shape index (κ2) is 7.12. The lowest BCUT2D eigenvalue weighted by Crippen LogP contribution is -2.25. The highest BCUT2D eigenvalue weighted by molar-refractivity contribution is 7.89. The van der Waals surface area contributed by atoms with Gasteiger partial charge in [0, 0.05) is 12.2 Å². The smallest absolute Gasteiger partial charge is 0.242 e. The van der Waals surface area contributed by atoms with Crippen LogP contribution in [0, 0.1) is 5.92 Å². The van der Waals surface area contributed by atoms with Crippen molar-refractivity contribution in [2.24, 2.45) is 5.92 Å². The monoisotopic (exact) mass is 304 g/mol. The zero-order valence-electron chi connectivity index (χ0n) is 11.3. The number of halogens is 1. The Kier molecular flexibility index (Phi) is 6.10. The van der Waals surface area contributed by atoms with E-state index >= 15 is 0 Å². The first-order valence-corrected chi connectivity index (χ1v) is 8.23. The fraction of sp³-hybridized carbons (Fsp3) is 0.538. The van der Waals surface area contributed by atoms with Crippen molar-refractivity contribution >= 4 is 27.3 Å². The highest BCUT2D eigenvalue weighted by atomic mass is 35.5. The zero-order valence-corrected chi connectivity index (χ0v) is 12.9. The number of anilines is 1. The van der Waals surface area contributed by atoms with Gasteiger partial charge in [-0.05, 0) is 30.5 Å². The summed E-state index contributed by atoms with van der Waals surface area (Å²) in [6, 6.07) is 4.39. The molecule has 0 unspecified atom stereocenters. The summed E-state index contributed by atoms with van der Waals surface area (Å²) in [5, 5.41) is 0.148. The summed E-state index contributed by atoms with van der Waals surface area (Å²) >= 11 is 5.90. The van der Waals surface area contributed by atoms with E-state index in [1.165, 1.54) is 18.2 Å². The van der Waals surface area contributed by atoms with Crippen LogP contribution in [0.1, 0.15) is 33.1 Å². The van der Waals surface area contributed by atoms with E-state index in [2.05, 4.69) is 18.6 Å². The maximum atomic E-state index is 12.0. The third-order valence-electron chi connectivity index (χ3n) is 2.75. The summed E-state index contributed by atoms with van der Waals surface area (Å²) in [4.78, 5) is 0.0761. The van der Waals surface area contributed by atoms with Crippen LogP contribution in [0.2, 0.25) is 5.02 Å². The van der Waals surface area contributed by atoms with Crippen molar-refractivity contribution in [3.05, 3.63) is 23.2 Å². The molecule has 0 radical (unpaired) electrons. The first-order chi connectivity index (χ1) is 8.83. The van der Waals surface area contributed by atoms with Crippen molar-refractivity contribution < 1.29 is 8.42 Å². The molecule has 108 valence electrons. The van der Waals surface area contributed by atoms with Gasteiger partial charge in [-0.2, -0.15) is 0 Å². The van der Waals surface area contributed by atoms with Gasteiger partial charge >= 0.3 is 0 Å². The molecule has 0 saturated heterocycles. The van der Waals surface area contributed by atoms with E-state index in [4.69, 9.17) is 17.3 Å². The van der Waals surface area contributed by atoms with Crippen molar-refractivity contribution in [2.75, 3.05) is 12.3 Å². The van der Waals surface area contributed by atoms with E-state index in [9.17, 15) is 8.42 Å². The van der Waals surface area contributed by atoms with Gasteiger partial charge in [0.05, 0.1) is 5.02 Å². The van der Waals surface area contributed by atoms with Crippen molar-refractivity contribution in [1.29, 1.82) is 0 Å². The number of nitrogens with one attached hydrogen (secondary N) is 1. The molecule has 3 N–H and O–H groups in total. The molecule has 0 aliphatic rings. The number of benzene rings is 1. The molecular weight excluding hydrogens is 284 g/mol. The van der Waals surface area contributed by atoms with E-state index in [1.54, 1.807) is 0 Å². The van der Waals surface area contributed by atoms with Crippen LogP contribution in [-0.4, -0.2) is 15.0 Å². The number of hydrogen-bond donors (Lipinski definition) is 2. The molecule has 1 aromatic rings. The molecular formula is C13H21ClN2O2S. The molecule has 6 heteroatoms. The van der Waals surface area contributed by atoms with Crippen LogP contribution < -0.4 is 10.5 Å². The van der Waals surface area contributed by atoms with Crippen molar-refractivity contribution in [3.8, 4) is 0 Å². The molecule has 19 heavy (non-hydrogen) atoms.